The van der Waals surface area contributed by atoms with E-state index < -0.39 is 5.60 Å². The number of hydrogen-bond donors (Lipinski definition) is 2. The second-order valence-electron chi connectivity index (χ2n) is 6.53. The SMILES string of the molecule is CCC1CCC(O)(CNC(=O)CCC2CCCO2)CC1. The van der Waals surface area contributed by atoms with E-state index in [1.807, 2.05) is 0 Å². The summed E-state index contributed by atoms with van der Waals surface area (Å²) in [5.41, 5.74) is -0.675. The normalized spacial score (nSPS) is 34.1. The zero-order valence-corrected chi connectivity index (χ0v) is 12.7. The number of aliphatic hydroxyl groups is 1. The maximum Gasteiger partial charge on any atom is 0.220 e. The third-order valence-electron chi connectivity index (χ3n) is 4.95. The fraction of sp³-hybridized carbons (Fsp3) is 0.938. The first-order valence-corrected chi connectivity index (χ1v) is 8.22. The highest BCUT2D eigenvalue weighted by Crippen LogP contribution is 2.33. The number of ether oxygens (including phenoxy) is 1. The van der Waals surface area contributed by atoms with Gasteiger partial charge < -0.3 is 15.2 Å². The van der Waals surface area contributed by atoms with Gasteiger partial charge in [0.05, 0.1) is 11.7 Å². The van der Waals surface area contributed by atoms with E-state index >= 15 is 0 Å². The van der Waals surface area contributed by atoms with Crippen molar-refractivity contribution in [2.45, 2.75) is 76.4 Å². The minimum atomic E-state index is -0.675. The van der Waals surface area contributed by atoms with Gasteiger partial charge in [0.25, 0.3) is 0 Å². The Morgan fingerprint density at radius 1 is 1.35 bits per heavy atom. The average molecular weight is 283 g/mol. The van der Waals surface area contributed by atoms with Gasteiger partial charge in [-0.1, -0.05) is 13.3 Å². The topological polar surface area (TPSA) is 58.6 Å². The molecule has 0 aromatic carbocycles. The lowest BCUT2D eigenvalue weighted by atomic mass is 9.78. The van der Waals surface area contributed by atoms with Gasteiger partial charge in [-0.05, 0) is 50.9 Å². The Morgan fingerprint density at radius 2 is 2.10 bits per heavy atom. The maximum absolute atomic E-state index is 11.8. The van der Waals surface area contributed by atoms with Crippen LogP contribution in [-0.2, 0) is 9.53 Å². The fourth-order valence-corrected chi connectivity index (χ4v) is 3.32. The summed E-state index contributed by atoms with van der Waals surface area (Å²) in [4.78, 5) is 11.8. The van der Waals surface area contributed by atoms with Crippen molar-refractivity contribution in [1.82, 2.24) is 5.32 Å². The van der Waals surface area contributed by atoms with Gasteiger partial charge in [0, 0.05) is 19.6 Å². The molecule has 1 aliphatic heterocycles. The summed E-state index contributed by atoms with van der Waals surface area (Å²) in [5.74, 6) is 0.803. The number of amides is 1. The predicted octanol–water partition coefficient (Wildman–Crippen LogP) is 2.39. The molecule has 0 bridgehead atoms. The van der Waals surface area contributed by atoms with E-state index in [0.717, 1.165) is 57.5 Å². The molecule has 4 nitrogen and oxygen atoms in total. The first kappa shape index (κ1) is 15.8. The van der Waals surface area contributed by atoms with E-state index in [0.29, 0.717) is 13.0 Å². The fourth-order valence-electron chi connectivity index (χ4n) is 3.32. The summed E-state index contributed by atoms with van der Waals surface area (Å²) in [5, 5.41) is 13.4. The Balaban J connectivity index is 1.62. The van der Waals surface area contributed by atoms with Gasteiger partial charge in [-0.25, -0.2) is 0 Å². The highest BCUT2D eigenvalue weighted by atomic mass is 16.5. The Labute approximate surface area is 122 Å². The van der Waals surface area contributed by atoms with Crippen molar-refractivity contribution in [2.24, 2.45) is 5.92 Å². The number of hydrogen-bond acceptors (Lipinski definition) is 3. The summed E-state index contributed by atoms with van der Waals surface area (Å²) in [6.07, 6.45) is 8.78. The molecule has 0 spiro atoms. The second kappa shape index (κ2) is 7.41. The van der Waals surface area contributed by atoms with Crippen molar-refractivity contribution in [2.75, 3.05) is 13.2 Å². The largest absolute Gasteiger partial charge is 0.388 e. The molecule has 1 amide bonds. The lowest BCUT2D eigenvalue weighted by Gasteiger charge is -2.35. The zero-order chi connectivity index (χ0) is 14.4. The molecule has 0 aromatic rings. The molecular formula is C16H29NO3. The molecule has 2 fully saturated rings. The van der Waals surface area contributed by atoms with Crippen molar-refractivity contribution in [3.8, 4) is 0 Å². The third kappa shape index (κ3) is 4.74. The Morgan fingerprint density at radius 3 is 2.70 bits per heavy atom. The van der Waals surface area contributed by atoms with Crippen LogP contribution in [0.15, 0.2) is 0 Å². The molecule has 4 heteroatoms. The van der Waals surface area contributed by atoms with Crippen LogP contribution in [0.4, 0.5) is 0 Å². The molecule has 20 heavy (non-hydrogen) atoms. The van der Waals surface area contributed by atoms with Crippen LogP contribution in [0.2, 0.25) is 0 Å². The minimum absolute atomic E-state index is 0.0477. The van der Waals surface area contributed by atoms with Gasteiger partial charge >= 0.3 is 0 Å². The van der Waals surface area contributed by atoms with Crippen LogP contribution in [0.1, 0.15) is 64.7 Å². The van der Waals surface area contributed by atoms with Crippen LogP contribution >= 0.6 is 0 Å². The quantitative estimate of drug-likeness (QED) is 0.787. The van der Waals surface area contributed by atoms with E-state index in [1.54, 1.807) is 0 Å². The number of carbonyl (C=O) groups excluding carboxylic acids is 1. The van der Waals surface area contributed by atoms with Crippen LogP contribution in [0.3, 0.4) is 0 Å². The molecule has 2 aliphatic rings. The lowest BCUT2D eigenvalue weighted by molar-refractivity contribution is -0.123. The van der Waals surface area contributed by atoms with Gasteiger partial charge in [-0.3, -0.25) is 4.79 Å². The van der Waals surface area contributed by atoms with E-state index in [9.17, 15) is 9.90 Å². The molecule has 1 saturated heterocycles. The molecule has 0 aromatic heterocycles. The molecule has 0 radical (unpaired) electrons. The molecule has 1 atom stereocenters. The molecular weight excluding hydrogens is 254 g/mol. The Hall–Kier alpha value is -0.610. The lowest BCUT2D eigenvalue weighted by Crippen LogP contribution is -2.45. The van der Waals surface area contributed by atoms with Gasteiger partial charge in [-0.2, -0.15) is 0 Å². The number of carbonyl (C=O) groups is 1. The summed E-state index contributed by atoms with van der Waals surface area (Å²) in [7, 11) is 0. The summed E-state index contributed by atoms with van der Waals surface area (Å²) in [6.45, 7) is 3.46. The molecule has 1 unspecified atom stereocenters. The monoisotopic (exact) mass is 283 g/mol. The van der Waals surface area contributed by atoms with Crippen LogP contribution in [0, 0.1) is 5.92 Å². The van der Waals surface area contributed by atoms with Gasteiger partial charge in [0.2, 0.25) is 5.91 Å². The standard InChI is InChI=1S/C16H29NO3/c1-2-13-7-9-16(19,10-8-13)12-17-15(18)6-5-14-4-3-11-20-14/h13-14,19H,2-12H2,1H3,(H,17,18). The molecule has 1 heterocycles. The minimum Gasteiger partial charge on any atom is -0.388 e. The maximum atomic E-state index is 11.8. The first-order valence-electron chi connectivity index (χ1n) is 8.22. The van der Waals surface area contributed by atoms with Crippen LogP contribution in [-0.4, -0.2) is 35.9 Å². The van der Waals surface area contributed by atoms with Crippen molar-refractivity contribution >= 4 is 5.91 Å². The van der Waals surface area contributed by atoms with E-state index in [-0.39, 0.29) is 12.0 Å². The number of rotatable bonds is 6. The van der Waals surface area contributed by atoms with Gasteiger partial charge in [-0.15, -0.1) is 0 Å². The average Bonchev–Trinajstić information content (AvgIpc) is 2.97. The Bertz CT molecular complexity index is 305. The highest BCUT2D eigenvalue weighted by Gasteiger charge is 2.32. The Kier molecular flexibility index (Phi) is 5.85. The van der Waals surface area contributed by atoms with Crippen molar-refractivity contribution in [3.05, 3.63) is 0 Å². The molecule has 1 aliphatic carbocycles. The highest BCUT2D eigenvalue weighted by molar-refractivity contribution is 5.75. The summed E-state index contributed by atoms with van der Waals surface area (Å²) >= 11 is 0. The number of nitrogens with one attached hydrogen (secondary N) is 1. The van der Waals surface area contributed by atoms with E-state index in [4.69, 9.17) is 4.74 Å². The molecule has 2 rings (SSSR count). The first-order chi connectivity index (χ1) is 9.61. The van der Waals surface area contributed by atoms with Crippen LogP contribution in [0.5, 0.6) is 0 Å². The van der Waals surface area contributed by atoms with Crippen molar-refractivity contribution in [1.29, 1.82) is 0 Å². The van der Waals surface area contributed by atoms with E-state index in [2.05, 4.69) is 12.2 Å². The predicted molar refractivity (Wildman–Crippen MR) is 78.4 cm³/mol. The van der Waals surface area contributed by atoms with Gasteiger partial charge in [0.15, 0.2) is 0 Å². The summed E-state index contributed by atoms with van der Waals surface area (Å²) in [6, 6.07) is 0. The van der Waals surface area contributed by atoms with Crippen molar-refractivity contribution in [3.63, 3.8) is 0 Å². The third-order valence-corrected chi connectivity index (χ3v) is 4.95. The second-order valence-corrected chi connectivity index (χ2v) is 6.53. The molecule has 116 valence electrons. The smallest absolute Gasteiger partial charge is 0.220 e. The van der Waals surface area contributed by atoms with Crippen molar-refractivity contribution < 1.29 is 14.6 Å². The molecule has 1 saturated carbocycles. The van der Waals surface area contributed by atoms with Crippen LogP contribution in [0.25, 0.3) is 0 Å². The van der Waals surface area contributed by atoms with Crippen LogP contribution < -0.4 is 5.32 Å². The van der Waals surface area contributed by atoms with Gasteiger partial charge in [0.1, 0.15) is 0 Å². The zero-order valence-electron chi connectivity index (χ0n) is 12.7. The molecule has 2 N–H and O–H groups in total. The van der Waals surface area contributed by atoms with E-state index in [1.165, 1.54) is 6.42 Å². The summed E-state index contributed by atoms with van der Waals surface area (Å²) < 4.78 is 5.51.